The molecule has 3 rings (SSSR count). The number of aromatic amines is 1. The van der Waals surface area contributed by atoms with Crippen LogP contribution in [0.1, 0.15) is 46.0 Å². The maximum atomic E-state index is 13.0. The molecule has 7 nitrogen and oxygen atoms in total. The van der Waals surface area contributed by atoms with Gasteiger partial charge in [-0.3, -0.25) is 9.59 Å². The Morgan fingerprint density at radius 3 is 2.44 bits per heavy atom. The van der Waals surface area contributed by atoms with E-state index in [4.69, 9.17) is 0 Å². The van der Waals surface area contributed by atoms with Crippen LogP contribution in [0.3, 0.4) is 0 Å². The fraction of sp³-hybridized carbons (Fsp3) is 0.500. The van der Waals surface area contributed by atoms with Crippen molar-refractivity contribution in [2.45, 2.75) is 27.2 Å². The number of Topliss-reactive ketones (excluding diaryl/α,β-unsaturated/α-hetero) is 1. The molecule has 0 unspecified atom stereocenters. The Balaban J connectivity index is 1.76. The number of aromatic nitrogens is 3. The third-order valence-electron chi connectivity index (χ3n) is 4.86. The number of hydrogen-bond donors (Lipinski definition) is 1. The molecule has 1 amide bonds. The first-order valence-corrected chi connectivity index (χ1v) is 8.68. The van der Waals surface area contributed by atoms with Crippen LogP contribution in [0.15, 0.2) is 12.4 Å². The monoisotopic (exact) mass is 343 g/mol. The van der Waals surface area contributed by atoms with Gasteiger partial charge >= 0.3 is 0 Å². The highest BCUT2D eigenvalue weighted by Gasteiger charge is 2.28. The minimum atomic E-state index is -0.0214. The topological polar surface area (TPSA) is 74.2 Å². The van der Waals surface area contributed by atoms with E-state index in [1.54, 1.807) is 13.1 Å². The number of aryl methyl sites for hydroxylation is 2. The van der Waals surface area contributed by atoms with Crippen molar-refractivity contribution in [3.63, 3.8) is 0 Å². The highest BCUT2D eigenvalue weighted by molar-refractivity contribution is 6.02. The fourth-order valence-electron chi connectivity index (χ4n) is 3.62. The molecule has 7 heteroatoms. The van der Waals surface area contributed by atoms with Gasteiger partial charge in [-0.1, -0.05) is 6.92 Å². The van der Waals surface area contributed by atoms with Crippen molar-refractivity contribution in [2.75, 3.05) is 31.1 Å². The zero-order valence-corrected chi connectivity index (χ0v) is 15.3. The molecule has 1 aliphatic heterocycles. The van der Waals surface area contributed by atoms with E-state index in [1.807, 2.05) is 36.6 Å². The summed E-state index contributed by atoms with van der Waals surface area (Å²) in [4.78, 5) is 36.4. The lowest BCUT2D eigenvalue weighted by Gasteiger charge is -2.35. The molecule has 2 aromatic rings. The number of ketones is 1. The standard InChI is InChI=1S/C18H25N5O2/c1-5-14-15(13(3)24)12(2)20-16(14)17(25)22-8-10-23(11-9-22)18-19-6-7-21(18)4/h6-7,20H,5,8-11H2,1-4H3. The molecule has 1 N–H and O–H groups in total. The van der Waals surface area contributed by atoms with Crippen LogP contribution in [-0.4, -0.2) is 57.3 Å². The molecule has 1 fully saturated rings. The maximum Gasteiger partial charge on any atom is 0.270 e. The second-order valence-corrected chi connectivity index (χ2v) is 6.51. The van der Waals surface area contributed by atoms with Crippen LogP contribution in [0, 0.1) is 6.92 Å². The van der Waals surface area contributed by atoms with Crippen molar-refractivity contribution in [1.29, 1.82) is 0 Å². The molecular weight excluding hydrogens is 318 g/mol. The number of anilines is 1. The highest BCUT2D eigenvalue weighted by Crippen LogP contribution is 2.22. The SMILES string of the molecule is CCc1c(C(=O)N2CCN(c3nccn3C)CC2)[nH]c(C)c1C(C)=O. The lowest BCUT2D eigenvalue weighted by Crippen LogP contribution is -2.49. The molecule has 0 aliphatic carbocycles. The van der Waals surface area contributed by atoms with Crippen molar-refractivity contribution >= 4 is 17.6 Å². The Kier molecular flexibility index (Phi) is 4.65. The third-order valence-corrected chi connectivity index (χ3v) is 4.86. The summed E-state index contributed by atoms with van der Waals surface area (Å²) in [6.07, 6.45) is 4.37. The van der Waals surface area contributed by atoms with Gasteiger partial charge in [0.05, 0.1) is 0 Å². The van der Waals surface area contributed by atoms with Crippen molar-refractivity contribution in [3.05, 3.63) is 34.9 Å². The molecule has 0 spiro atoms. The van der Waals surface area contributed by atoms with Crippen molar-refractivity contribution in [3.8, 4) is 0 Å². The molecule has 0 atom stereocenters. The summed E-state index contributed by atoms with van der Waals surface area (Å²) >= 11 is 0. The first-order chi connectivity index (χ1) is 11.9. The molecule has 2 aromatic heterocycles. The van der Waals surface area contributed by atoms with Crippen LogP contribution in [0.25, 0.3) is 0 Å². The second-order valence-electron chi connectivity index (χ2n) is 6.51. The number of carbonyl (C=O) groups excluding carboxylic acids is 2. The predicted molar refractivity (Wildman–Crippen MR) is 96.2 cm³/mol. The average Bonchev–Trinajstić information content (AvgIpc) is 3.17. The van der Waals surface area contributed by atoms with E-state index in [0.29, 0.717) is 30.8 Å². The van der Waals surface area contributed by atoms with Crippen LogP contribution >= 0.6 is 0 Å². The van der Waals surface area contributed by atoms with Gasteiger partial charge in [-0.05, 0) is 25.8 Å². The summed E-state index contributed by atoms with van der Waals surface area (Å²) < 4.78 is 1.99. The first-order valence-electron chi connectivity index (χ1n) is 8.68. The van der Waals surface area contributed by atoms with Crippen LogP contribution in [0.2, 0.25) is 0 Å². The molecule has 0 bridgehead atoms. The van der Waals surface area contributed by atoms with Gasteiger partial charge < -0.3 is 19.4 Å². The summed E-state index contributed by atoms with van der Waals surface area (Å²) in [5, 5.41) is 0. The van der Waals surface area contributed by atoms with Crippen LogP contribution < -0.4 is 4.90 Å². The smallest absolute Gasteiger partial charge is 0.270 e. The molecule has 25 heavy (non-hydrogen) atoms. The Labute approximate surface area is 147 Å². The highest BCUT2D eigenvalue weighted by atomic mass is 16.2. The number of rotatable bonds is 4. The Morgan fingerprint density at radius 1 is 1.24 bits per heavy atom. The number of nitrogens with zero attached hydrogens (tertiary/aromatic N) is 4. The largest absolute Gasteiger partial charge is 0.354 e. The maximum absolute atomic E-state index is 13.0. The van der Waals surface area contributed by atoms with E-state index in [1.165, 1.54) is 0 Å². The second kappa shape index (κ2) is 6.74. The predicted octanol–water partition coefficient (Wildman–Crippen LogP) is 1.78. The van der Waals surface area contributed by atoms with Crippen molar-refractivity contribution in [2.24, 2.45) is 7.05 Å². The molecule has 0 saturated carbocycles. The normalized spacial score (nSPS) is 14.9. The third kappa shape index (κ3) is 3.06. The van der Waals surface area contributed by atoms with E-state index in [2.05, 4.69) is 14.9 Å². The first kappa shape index (κ1) is 17.3. The van der Waals surface area contributed by atoms with Gasteiger partial charge in [0.2, 0.25) is 5.95 Å². The van der Waals surface area contributed by atoms with E-state index in [-0.39, 0.29) is 11.7 Å². The van der Waals surface area contributed by atoms with Crippen molar-refractivity contribution < 1.29 is 9.59 Å². The molecule has 0 aromatic carbocycles. The summed E-state index contributed by atoms with van der Waals surface area (Å²) in [6.45, 7) is 8.16. The van der Waals surface area contributed by atoms with Crippen molar-refractivity contribution in [1.82, 2.24) is 19.4 Å². The quantitative estimate of drug-likeness (QED) is 0.859. The summed E-state index contributed by atoms with van der Waals surface area (Å²) in [5.74, 6) is 0.909. The van der Waals surface area contributed by atoms with Crippen LogP contribution in [0.5, 0.6) is 0 Å². The van der Waals surface area contributed by atoms with E-state index < -0.39 is 0 Å². The van der Waals surface area contributed by atoms with E-state index >= 15 is 0 Å². The lowest BCUT2D eigenvalue weighted by atomic mass is 10.0. The lowest BCUT2D eigenvalue weighted by molar-refractivity contribution is 0.0739. The fourth-order valence-corrected chi connectivity index (χ4v) is 3.62. The zero-order valence-electron chi connectivity index (χ0n) is 15.3. The molecule has 3 heterocycles. The van der Waals surface area contributed by atoms with Gasteiger partial charge in [0.15, 0.2) is 5.78 Å². The number of piperazine rings is 1. The number of H-pyrrole nitrogens is 1. The number of amides is 1. The Morgan fingerprint density at radius 2 is 1.92 bits per heavy atom. The van der Waals surface area contributed by atoms with Gasteiger partial charge in [0, 0.05) is 56.9 Å². The van der Waals surface area contributed by atoms with Crippen LogP contribution in [0.4, 0.5) is 5.95 Å². The Bertz CT molecular complexity index is 796. The number of carbonyl (C=O) groups is 2. The number of nitrogens with one attached hydrogen (secondary N) is 1. The van der Waals surface area contributed by atoms with Gasteiger partial charge in [-0.25, -0.2) is 4.98 Å². The molecule has 1 saturated heterocycles. The average molecular weight is 343 g/mol. The molecular formula is C18H25N5O2. The van der Waals surface area contributed by atoms with Gasteiger partial charge in [-0.15, -0.1) is 0 Å². The van der Waals surface area contributed by atoms with Gasteiger partial charge in [-0.2, -0.15) is 0 Å². The summed E-state index contributed by atoms with van der Waals surface area (Å²) in [5.41, 5.74) is 2.84. The number of imidazole rings is 1. The molecule has 134 valence electrons. The summed E-state index contributed by atoms with van der Waals surface area (Å²) in [7, 11) is 1.97. The van der Waals surface area contributed by atoms with Gasteiger partial charge in [0.1, 0.15) is 5.69 Å². The van der Waals surface area contributed by atoms with Gasteiger partial charge in [0.25, 0.3) is 5.91 Å². The van der Waals surface area contributed by atoms with Crippen LogP contribution in [-0.2, 0) is 13.5 Å². The minimum Gasteiger partial charge on any atom is -0.354 e. The summed E-state index contributed by atoms with van der Waals surface area (Å²) in [6, 6.07) is 0. The molecule has 1 aliphatic rings. The van der Waals surface area contributed by atoms with E-state index in [0.717, 1.165) is 30.3 Å². The Hall–Kier alpha value is -2.57. The molecule has 0 radical (unpaired) electrons. The zero-order chi connectivity index (χ0) is 18.1. The number of hydrogen-bond acceptors (Lipinski definition) is 4. The minimum absolute atomic E-state index is 0.00394. The van der Waals surface area contributed by atoms with E-state index in [9.17, 15) is 9.59 Å².